The van der Waals surface area contributed by atoms with Crippen LogP contribution in [0.2, 0.25) is 0 Å². The van der Waals surface area contributed by atoms with Crippen LogP contribution in [0.4, 0.5) is 0 Å². The molecule has 0 saturated heterocycles. The molecule has 2 rings (SSSR count). The number of carboxylic acids is 1. The third-order valence-corrected chi connectivity index (χ3v) is 4.35. The van der Waals surface area contributed by atoms with Gasteiger partial charge in [-0.25, -0.2) is 4.79 Å². The smallest absolute Gasteiger partial charge is 0.335 e. The summed E-state index contributed by atoms with van der Waals surface area (Å²) in [4.78, 5) is 11.0. The van der Waals surface area contributed by atoms with Gasteiger partial charge in [0.1, 0.15) is 0 Å². The number of carbonyl (C=O) groups is 1. The monoisotopic (exact) mass is 302 g/mol. The maximum absolute atomic E-state index is 11.0. The zero-order chi connectivity index (χ0) is 16.1. The van der Waals surface area contributed by atoms with Gasteiger partial charge in [-0.15, -0.1) is 0 Å². The van der Waals surface area contributed by atoms with Gasteiger partial charge in [-0.2, -0.15) is 0 Å². The Balaban J connectivity index is 1.89. The van der Waals surface area contributed by atoms with Crippen molar-refractivity contribution in [1.29, 1.82) is 0 Å². The van der Waals surface area contributed by atoms with E-state index in [1.54, 1.807) is 12.1 Å². The number of hydrogen-bond donors (Lipinski definition) is 1. The van der Waals surface area contributed by atoms with Gasteiger partial charge in [-0.05, 0) is 61.3 Å². The van der Waals surface area contributed by atoms with Crippen LogP contribution in [0.5, 0.6) is 0 Å². The molecule has 120 valence electrons. The fourth-order valence-corrected chi connectivity index (χ4v) is 2.98. The highest BCUT2D eigenvalue weighted by Gasteiger charge is 2.22. The second kappa shape index (κ2) is 7.48. The lowest BCUT2D eigenvalue weighted by Gasteiger charge is -2.26. The minimum absolute atomic E-state index is 0.349. The van der Waals surface area contributed by atoms with E-state index in [9.17, 15) is 4.79 Å². The van der Waals surface area contributed by atoms with Crippen LogP contribution in [0.3, 0.4) is 0 Å². The molecule has 1 aromatic carbocycles. The average Bonchev–Trinajstić information content (AvgIpc) is 2.50. The summed E-state index contributed by atoms with van der Waals surface area (Å²) in [5, 5.41) is 9.05. The minimum atomic E-state index is -0.859. The van der Waals surface area contributed by atoms with Gasteiger partial charge in [0.15, 0.2) is 0 Å². The number of ether oxygens (including phenoxy) is 1. The van der Waals surface area contributed by atoms with E-state index in [0.717, 1.165) is 43.6 Å². The fraction of sp³-hybridized carbons (Fsp3) is 0.526. The standard InChI is InChI=1S/C19H26O3/c1-13(2)5-4-10-22-14(3)15-6-7-17-12-18(19(20)21)9-8-16(17)11-15/h8-9,12-13,15H,3-7,10-11H2,1-2H3,(H,20,21). The second-order valence-electron chi connectivity index (χ2n) is 6.58. The van der Waals surface area contributed by atoms with Crippen LogP contribution < -0.4 is 0 Å². The first-order valence-corrected chi connectivity index (χ1v) is 8.14. The van der Waals surface area contributed by atoms with Crippen LogP contribution in [0.1, 0.15) is 54.6 Å². The van der Waals surface area contributed by atoms with Crippen molar-refractivity contribution in [2.75, 3.05) is 6.61 Å². The van der Waals surface area contributed by atoms with E-state index in [1.165, 1.54) is 12.0 Å². The highest BCUT2D eigenvalue weighted by Crippen LogP contribution is 2.30. The first-order valence-electron chi connectivity index (χ1n) is 8.14. The minimum Gasteiger partial charge on any atom is -0.498 e. The Bertz CT molecular complexity index is 546. The summed E-state index contributed by atoms with van der Waals surface area (Å²) in [6.07, 6.45) is 5.04. The highest BCUT2D eigenvalue weighted by molar-refractivity contribution is 5.87. The Hall–Kier alpha value is -1.77. The van der Waals surface area contributed by atoms with Crippen LogP contribution in [-0.4, -0.2) is 17.7 Å². The molecule has 1 aliphatic rings. The average molecular weight is 302 g/mol. The Morgan fingerprint density at radius 3 is 2.86 bits per heavy atom. The van der Waals surface area contributed by atoms with Crippen molar-refractivity contribution in [2.24, 2.45) is 11.8 Å². The van der Waals surface area contributed by atoms with E-state index in [4.69, 9.17) is 9.84 Å². The van der Waals surface area contributed by atoms with E-state index in [0.29, 0.717) is 17.4 Å². The number of allylic oxidation sites excluding steroid dienone is 1. The number of hydrogen-bond acceptors (Lipinski definition) is 2. The summed E-state index contributed by atoms with van der Waals surface area (Å²) < 4.78 is 5.82. The van der Waals surface area contributed by atoms with Gasteiger partial charge in [0.05, 0.1) is 17.9 Å². The molecular formula is C19H26O3. The normalized spacial score (nSPS) is 17.1. The number of benzene rings is 1. The molecule has 1 aromatic rings. The molecule has 0 heterocycles. The molecule has 22 heavy (non-hydrogen) atoms. The van der Waals surface area contributed by atoms with Crippen LogP contribution in [0.15, 0.2) is 30.5 Å². The Kier molecular flexibility index (Phi) is 5.64. The van der Waals surface area contributed by atoms with Crippen LogP contribution >= 0.6 is 0 Å². The highest BCUT2D eigenvalue weighted by atomic mass is 16.5. The molecule has 1 aliphatic carbocycles. The van der Waals surface area contributed by atoms with E-state index in [2.05, 4.69) is 20.4 Å². The Morgan fingerprint density at radius 1 is 1.41 bits per heavy atom. The molecule has 3 nitrogen and oxygen atoms in total. The van der Waals surface area contributed by atoms with Gasteiger partial charge >= 0.3 is 5.97 Å². The van der Waals surface area contributed by atoms with Crippen molar-refractivity contribution in [3.8, 4) is 0 Å². The molecule has 0 bridgehead atoms. The first kappa shape index (κ1) is 16.6. The summed E-state index contributed by atoms with van der Waals surface area (Å²) in [6.45, 7) is 9.29. The largest absolute Gasteiger partial charge is 0.498 e. The predicted molar refractivity (Wildman–Crippen MR) is 88.1 cm³/mol. The topological polar surface area (TPSA) is 46.5 Å². The first-order chi connectivity index (χ1) is 10.5. The van der Waals surface area contributed by atoms with Crippen LogP contribution in [-0.2, 0) is 17.6 Å². The number of aromatic carboxylic acids is 1. The van der Waals surface area contributed by atoms with Gasteiger partial charge in [-0.3, -0.25) is 0 Å². The van der Waals surface area contributed by atoms with Crippen LogP contribution in [0.25, 0.3) is 0 Å². The summed E-state index contributed by atoms with van der Waals surface area (Å²) in [5.41, 5.74) is 2.76. The molecule has 1 unspecified atom stereocenters. The molecule has 1 atom stereocenters. The van der Waals surface area contributed by atoms with Crippen molar-refractivity contribution < 1.29 is 14.6 Å². The van der Waals surface area contributed by atoms with Gasteiger partial charge in [0.25, 0.3) is 0 Å². The van der Waals surface area contributed by atoms with E-state index in [1.807, 2.05) is 6.07 Å². The summed E-state index contributed by atoms with van der Waals surface area (Å²) in [7, 11) is 0. The van der Waals surface area contributed by atoms with Crippen molar-refractivity contribution >= 4 is 5.97 Å². The number of fused-ring (bicyclic) bond motifs is 1. The third-order valence-electron chi connectivity index (χ3n) is 4.35. The molecule has 0 aliphatic heterocycles. The van der Waals surface area contributed by atoms with Crippen molar-refractivity contribution in [3.63, 3.8) is 0 Å². The lowest BCUT2D eigenvalue weighted by atomic mass is 9.82. The molecule has 0 amide bonds. The quantitative estimate of drug-likeness (QED) is 0.597. The van der Waals surface area contributed by atoms with Gasteiger partial charge in [0.2, 0.25) is 0 Å². The van der Waals surface area contributed by atoms with Crippen LogP contribution in [0, 0.1) is 11.8 Å². The lowest BCUT2D eigenvalue weighted by Crippen LogP contribution is -2.18. The SMILES string of the molecule is C=C(OCCCC(C)C)C1CCc2cc(C(=O)O)ccc2C1. The Labute approximate surface area is 133 Å². The van der Waals surface area contributed by atoms with Crippen molar-refractivity contribution in [2.45, 2.75) is 46.0 Å². The molecule has 0 spiro atoms. The summed E-state index contributed by atoms with van der Waals surface area (Å²) in [5.74, 6) is 1.09. The number of rotatable bonds is 7. The molecule has 0 saturated carbocycles. The molecule has 3 heteroatoms. The van der Waals surface area contributed by atoms with Gasteiger partial charge < -0.3 is 9.84 Å². The lowest BCUT2D eigenvalue weighted by molar-refractivity contribution is 0.0696. The maximum atomic E-state index is 11.0. The number of carboxylic acid groups (broad SMARTS) is 1. The van der Waals surface area contributed by atoms with Gasteiger partial charge in [0, 0.05) is 5.92 Å². The maximum Gasteiger partial charge on any atom is 0.335 e. The van der Waals surface area contributed by atoms with Gasteiger partial charge in [-0.1, -0.05) is 26.5 Å². The van der Waals surface area contributed by atoms with E-state index in [-0.39, 0.29) is 0 Å². The molecule has 0 fully saturated rings. The third kappa shape index (κ3) is 4.36. The van der Waals surface area contributed by atoms with Crippen molar-refractivity contribution in [1.82, 2.24) is 0 Å². The van der Waals surface area contributed by atoms with E-state index < -0.39 is 5.97 Å². The Morgan fingerprint density at radius 2 is 2.18 bits per heavy atom. The molecule has 0 aromatic heterocycles. The van der Waals surface area contributed by atoms with E-state index >= 15 is 0 Å². The molecule has 1 N–H and O–H groups in total. The zero-order valence-electron chi connectivity index (χ0n) is 13.6. The molecule has 0 radical (unpaired) electrons. The van der Waals surface area contributed by atoms with Crippen molar-refractivity contribution in [3.05, 3.63) is 47.2 Å². The number of aryl methyl sites for hydroxylation is 1. The summed E-state index contributed by atoms with van der Waals surface area (Å²) >= 11 is 0. The zero-order valence-corrected chi connectivity index (χ0v) is 13.6. The summed E-state index contributed by atoms with van der Waals surface area (Å²) in [6, 6.07) is 5.44. The fourth-order valence-electron chi connectivity index (χ4n) is 2.98. The predicted octanol–water partition coefficient (Wildman–Crippen LogP) is 4.46. The molecular weight excluding hydrogens is 276 g/mol. The second-order valence-corrected chi connectivity index (χ2v) is 6.58.